The van der Waals surface area contributed by atoms with Crippen molar-refractivity contribution in [3.05, 3.63) is 328 Å². The minimum atomic E-state index is 0.598. The van der Waals surface area contributed by atoms with Crippen molar-refractivity contribution in [3.8, 4) is 129 Å². The third-order valence-corrected chi connectivity index (χ3v) is 16.3. The lowest BCUT2D eigenvalue weighted by atomic mass is 9.94. The van der Waals surface area contributed by atoms with Gasteiger partial charge in [0.05, 0.1) is 11.0 Å². The van der Waals surface area contributed by atoms with Gasteiger partial charge in [-0.25, -0.2) is 15.0 Å². The van der Waals surface area contributed by atoms with Crippen LogP contribution in [0.2, 0.25) is 0 Å². The average molecular weight is 1080 g/mol. The maximum Gasteiger partial charge on any atom is 0.164 e. The maximum atomic E-state index is 5.29. The third kappa shape index (κ3) is 10.2. The van der Waals surface area contributed by atoms with Gasteiger partial charge in [0, 0.05) is 33.2 Å². The Balaban J connectivity index is 0.754. The first kappa shape index (κ1) is 50.6. The molecule has 13 aromatic carbocycles. The monoisotopic (exact) mass is 1080 g/mol. The second-order valence-corrected chi connectivity index (χ2v) is 21.6. The summed E-state index contributed by atoms with van der Waals surface area (Å²) in [6.45, 7) is 0. The van der Waals surface area contributed by atoms with Crippen LogP contribution in [0, 0.1) is 0 Å². The normalized spacial score (nSPS) is 11.3. The molecule has 0 N–H and O–H groups in total. The molecule has 4 nitrogen and oxygen atoms in total. The van der Waals surface area contributed by atoms with Gasteiger partial charge >= 0.3 is 0 Å². The van der Waals surface area contributed by atoms with E-state index in [0.29, 0.717) is 17.5 Å². The van der Waals surface area contributed by atoms with E-state index in [-0.39, 0.29) is 0 Å². The van der Waals surface area contributed by atoms with E-state index in [1.165, 1.54) is 60.8 Å². The van der Waals surface area contributed by atoms with Gasteiger partial charge in [-0.05, 0) is 150 Å². The van der Waals surface area contributed by atoms with Crippen LogP contribution in [0.15, 0.2) is 328 Å². The van der Waals surface area contributed by atoms with E-state index in [1.54, 1.807) is 0 Å². The standard InChI is InChI=1S/C81H54N4/c1-3-18-55(19-4-1)61-22-11-26-65(48-61)66-27-13-24-63(50-66)57-40-42-58(43-41-57)64-25-14-29-68(51-64)70-31-16-34-73(53-70)81-83-79(82-80(84-81)72-33-15-30-69(52-72)67-28-12-23-62(49-67)56-20-5-2-6-21-56)60-46-44-59(45-47-60)71-32-17-35-74(54-71)85-77-38-9-7-36-75(77)76-37-8-10-39-78(76)85/h1-54H. The number of aromatic nitrogens is 4. The van der Waals surface area contributed by atoms with E-state index in [9.17, 15) is 0 Å². The molecular weight excluding hydrogens is 1030 g/mol. The molecule has 0 bridgehead atoms. The highest BCUT2D eigenvalue weighted by Crippen LogP contribution is 2.37. The average Bonchev–Trinajstić information content (AvgIpc) is 3.21. The smallest absolute Gasteiger partial charge is 0.164 e. The lowest BCUT2D eigenvalue weighted by Gasteiger charge is -2.12. The van der Waals surface area contributed by atoms with E-state index in [0.717, 1.165) is 72.4 Å². The quantitative estimate of drug-likeness (QED) is 0.122. The first-order valence-electron chi connectivity index (χ1n) is 28.9. The van der Waals surface area contributed by atoms with Gasteiger partial charge in [-0.2, -0.15) is 0 Å². The molecule has 0 aliphatic carbocycles. The summed E-state index contributed by atoms with van der Waals surface area (Å²) < 4.78 is 2.36. The fraction of sp³-hybridized carbons (Fsp3) is 0. The van der Waals surface area contributed by atoms with Gasteiger partial charge in [-0.1, -0.05) is 267 Å². The fourth-order valence-electron chi connectivity index (χ4n) is 11.9. The van der Waals surface area contributed by atoms with Crippen LogP contribution in [-0.4, -0.2) is 19.5 Å². The predicted molar refractivity (Wildman–Crippen MR) is 354 cm³/mol. The molecule has 0 radical (unpaired) electrons. The highest BCUT2D eigenvalue weighted by atomic mass is 15.0. The minimum Gasteiger partial charge on any atom is -0.309 e. The van der Waals surface area contributed by atoms with Crippen molar-refractivity contribution < 1.29 is 0 Å². The van der Waals surface area contributed by atoms with Crippen LogP contribution in [-0.2, 0) is 0 Å². The van der Waals surface area contributed by atoms with Gasteiger partial charge < -0.3 is 4.57 Å². The summed E-state index contributed by atoms with van der Waals surface area (Å²) in [7, 11) is 0. The zero-order valence-electron chi connectivity index (χ0n) is 46.5. The first-order valence-corrected chi connectivity index (χ1v) is 28.9. The molecule has 85 heavy (non-hydrogen) atoms. The summed E-state index contributed by atoms with van der Waals surface area (Å²) in [5, 5.41) is 2.48. The van der Waals surface area contributed by atoms with Gasteiger partial charge in [0.25, 0.3) is 0 Å². The van der Waals surface area contributed by atoms with Crippen molar-refractivity contribution in [1.29, 1.82) is 0 Å². The highest BCUT2D eigenvalue weighted by Gasteiger charge is 2.17. The zero-order chi connectivity index (χ0) is 56.5. The Kier molecular flexibility index (Phi) is 13.2. The molecule has 15 rings (SSSR count). The molecule has 0 amide bonds. The Hall–Kier alpha value is -11.3. The Bertz CT molecular complexity index is 4870. The van der Waals surface area contributed by atoms with E-state index in [1.807, 2.05) is 0 Å². The summed E-state index contributed by atoms with van der Waals surface area (Å²) in [6, 6.07) is 117. The number of hydrogen-bond acceptors (Lipinski definition) is 3. The van der Waals surface area contributed by atoms with E-state index in [4.69, 9.17) is 15.0 Å². The van der Waals surface area contributed by atoms with E-state index >= 15 is 0 Å². The van der Waals surface area contributed by atoms with Crippen LogP contribution in [0.3, 0.4) is 0 Å². The summed E-state index contributed by atoms with van der Waals surface area (Å²) in [5.41, 5.74) is 24.6. The fourth-order valence-corrected chi connectivity index (χ4v) is 11.9. The predicted octanol–water partition coefficient (Wildman–Crippen LogP) is 21.3. The molecule has 0 spiro atoms. The first-order chi connectivity index (χ1) is 42.1. The van der Waals surface area contributed by atoms with E-state index < -0.39 is 0 Å². The van der Waals surface area contributed by atoms with Gasteiger partial charge in [-0.3, -0.25) is 0 Å². The second kappa shape index (κ2) is 22.2. The lowest BCUT2D eigenvalue weighted by molar-refractivity contribution is 1.07. The van der Waals surface area contributed by atoms with Gasteiger partial charge in [0.15, 0.2) is 17.5 Å². The number of hydrogen-bond donors (Lipinski definition) is 0. The molecule has 0 saturated carbocycles. The Morgan fingerprint density at radius 1 is 0.165 bits per heavy atom. The van der Waals surface area contributed by atoms with Crippen LogP contribution in [0.25, 0.3) is 151 Å². The summed E-state index contributed by atoms with van der Waals surface area (Å²) >= 11 is 0. The van der Waals surface area contributed by atoms with Gasteiger partial charge in [0.1, 0.15) is 0 Å². The van der Waals surface area contributed by atoms with Crippen LogP contribution < -0.4 is 0 Å². The third-order valence-electron chi connectivity index (χ3n) is 16.3. The molecule has 0 fully saturated rings. The van der Waals surface area contributed by atoms with Crippen LogP contribution >= 0.6 is 0 Å². The molecular formula is C81H54N4. The summed E-state index contributed by atoms with van der Waals surface area (Å²) in [6.07, 6.45) is 0. The largest absolute Gasteiger partial charge is 0.309 e. The van der Waals surface area contributed by atoms with Crippen molar-refractivity contribution in [2.45, 2.75) is 0 Å². The Labute approximate surface area is 495 Å². The molecule has 0 aliphatic rings. The van der Waals surface area contributed by atoms with Gasteiger partial charge in [0.2, 0.25) is 0 Å². The zero-order valence-corrected chi connectivity index (χ0v) is 46.5. The summed E-state index contributed by atoms with van der Waals surface area (Å²) in [4.78, 5) is 15.8. The molecule has 4 heteroatoms. The SMILES string of the molecule is c1ccc(-c2cccc(-c3cccc(-c4ccc(-c5cccc(-c6cccc(-c7nc(-c8ccc(-c9cccc(-n%10c%11ccccc%11c%11ccccc%11%10)c9)cc8)nc(-c8cccc(-c9cccc(-c%10ccccc%10)c9)c8)n7)c6)c5)cc4)c3)c2)cc1. The van der Waals surface area contributed by atoms with Crippen molar-refractivity contribution in [2.75, 3.05) is 0 Å². The Morgan fingerprint density at radius 3 is 0.765 bits per heavy atom. The number of rotatable bonds is 12. The number of fused-ring (bicyclic) bond motifs is 3. The highest BCUT2D eigenvalue weighted by molar-refractivity contribution is 6.09. The molecule has 2 heterocycles. The number of benzene rings is 13. The summed E-state index contributed by atoms with van der Waals surface area (Å²) in [5.74, 6) is 1.80. The topological polar surface area (TPSA) is 43.6 Å². The van der Waals surface area contributed by atoms with Crippen molar-refractivity contribution in [1.82, 2.24) is 19.5 Å². The second-order valence-electron chi connectivity index (χ2n) is 21.6. The molecule has 15 aromatic rings. The molecule has 0 saturated heterocycles. The molecule has 398 valence electrons. The number of nitrogens with zero attached hydrogens (tertiary/aromatic N) is 4. The van der Waals surface area contributed by atoms with Crippen molar-refractivity contribution >= 4 is 21.8 Å². The maximum absolute atomic E-state index is 5.29. The van der Waals surface area contributed by atoms with Crippen LogP contribution in [0.5, 0.6) is 0 Å². The van der Waals surface area contributed by atoms with Crippen molar-refractivity contribution in [2.24, 2.45) is 0 Å². The molecule has 0 atom stereocenters. The van der Waals surface area contributed by atoms with E-state index in [2.05, 4.69) is 332 Å². The Morgan fingerprint density at radius 2 is 0.400 bits per heavy atom. The molecule has 0 unspecified atom stereocenters. The number of para-hydroxylation sites is 2. The van der Waals surface area contributed by atoms with Crippen LogP contribution in [0.4, 0.5) is 0 Å². The minimum absolute atomic E-state index is 0.598. The van der Waals surface area contributed by atoms with Crippen molar-refractivity contribution in [3.63, 3.8) is 0 Å². The van der Waals surface area contributed by atoms with Gasteiger partial charge in [-0.15, -0.1) is 0 Å². The lowest BCUT2D eigenvalue weighted by Crippen LogP contribution is -2.00. The molecule has 0 aliphatic heterocycles. The molecule has 2 aromatic heterocycles. The van der Waals surface area contributed by atoms with Crippen LogP contribution in [0.1, 0.15) is 0 Å².